The lowest BCUT2D eigenvalue weighted by Crippen LogP contribution is -2.06. The minimum atomic E-state index is -3.38. The van der Waals surface area contributed by atoms with Crippen LogP contribution >= 0.6 is 0 Å². The first-order valence-corrected chi connectivity index (χ1v) is 3.54. The largest absolute Gasteiger partial charge is 0.282 e. The third kappa shape index (κ3) is 2.33. The van der Waals surface area contributed by atoms with E-state index in [0.717, 1.165) is 13.2 Å². The highest BCUT2D eigenvalue weighted by molar-refractivity contribution is 8.05. The summed E-state index contributed by atoms with van der Waals surface area (Å²) in [5.74, 6) is 0. The summed E-state index contributed by atoms with van der Waals surface area (Å²) in [6, 6.07) is 0. The van der Waals surface area contributed by atoms with Crippen molar-refractivity contribution in [2.45, 2.75) is 6.92 Å². The molecule has 0 atom stereocenters. The molecule has 0 saturated heterocycles. The summed E-state index contributed by atoms with van der Waals surface area (Å²) in [5, 5.41) is -0.785. The molecule has 0 spiro atoms. The van der Waals surface area contributed by atoms with Crippen LogP contribution in [0, 0.1) is 0 Å². The summed E-state index contributed by atoms with van der Waals surface area (Å²) in [6.45, 7) is 1.02. The number of carbonyl (C=O) groups is 1. The molecule has 0 N–H and O–H groups in total. The predicted molar refractivity (Wildman–Crippen MR) is 25.5 cm³/mol. The second-order valence-corrected chi connectivity index (χ2v) is 3.38. The Kier molecular flexibility index (Phi) is 1.53. The maximum atomic E-state index is 9.98. The Morgan fingerprint density at radius 2 is 1.57 bits per heavy atom. The van der Waals surface area contributed by atoms with Crippen LogP contribution in [0.15, 0.2) is 0 Å². The number of hydrogen-bond acceptors (Lipinski definition) is 3. The number of carbonyl (C=O) groups excluding carboxylic acids is 1. The molecule has 0 aliphatic carbocycles. The van der Waals surface area contributed by atoms with Gasteiger partial charge in [0.05, 0.1) is 0 Å². The quantitative estimate of drug-likeness (QED) is 0.438. The van der Waals surface area contributed by atoms with E-state index in [1.807, 2.05) is 0 Å². The Balaban J connectivity index is 4.43. The molecule has 0 aliphatic heterocycles. The van der Waals surface area contributed by atoms with Gasteiger partial charge in [0.2, 0.25) is 15.0 Å². The Labute approximate surface area is 42.3 Å². The van der Waals surface area contributed by atoms with Gasteiger partial charge in [-0.1, -0.05) is 0 Å². The average molecular weight is 122 g/mol. The SMILES string of the molecule is CC(=O)S(C)(=O)=O. The third-order valence-corrected chi connectivity index (χ3v) is 1.57. The summed E-state index contributed by atoms with van der Waals surface area (Å²) < 4.78 is 20.0. The van der Waals surface area contributed by atoms with E-state index in [1.54, 1.807) is 0 Å². The van der Waals surface area contributed by atoms with Gasteiger partial charge >= 0.3 is 0 Å². The first kappa shape index (κ1) is 6.62. The van der Waals surface area contributed by atoms with Gasteiger partial charge in [-0.05, 0) is 0 Å². The van der Waals surface area contributed by atoms with E-state index < -0.39 is 15.0 Å². The van der Waals surface area contributed by atoms with E-state index in [2.05, 4.69) is 0 Å². The van der Waals surface area contributed by atoms with Crippen LogP contribution in [0.5, 0.6) is 0 Å². The molecule has 0 aliphatic rings. The van der Waals surface area contributed by atoms with Gasteiger partial charge in [0, 0.05) is 13.2 Å². The van der Waals surface area contributed by atoms with Crippen molar-refractivity contribution in [2.24, 2.45) is 0 Å². The van der Waals surface area contributed by atoms with Crippen LogP contribution in [0.3, 0.4) is 0 Å². The van der Waals surface area contributed by atoms with Gasteiger partial charge < -0.3 is 0 Å². The molecule has 0 unspecified atom stereocenters. The van der Waals surface area contributed by atoms with Crippen LogP contribution in [-0.2, 0) is 14.6 Å². The zero-order valence-corrected chi connectivity index (χ0v) is 4.95. The van der Waals surface area contributed by atoms with Crippen molar-refractivity contribution in [2.75, 3.05) is 6.26 Å². The second kappa shape index (κ2) is 1.61. The van der Waals surface area contributed by atoms with Crippen molar-refractivity contribution in [3.05, 3.63) is 0 Å². The van der Waals surface area contributed by atoms with E-state index in [0.29, 0.717) is 0 Å². The van der Waals surface area contributed by atoms with E-state index in [-0.39, 0.29) is 0 Å². The zero-order chi connectivity index (χ0) is 6.08. The van der Waals surface area contributed by atoms with Crippen molar-refractivity contribution in [3.8, 4) is 0 Å². The van der Waals surface area contributed by atoms with Gasteiger partial charge in [-0.3, -0.25) is 4.79 Å². The molecule has 0 radical (unpaired) electrons. The van der Waals surface area contributed by atoms with Crippen molar-refractivity contribution < 1.29 is 13.2 Å². The summed E-state index contributed by atoms with van der Waals surface area (Å²) in [6.07, 6.45) is 0.884. The molecule has 0 fully saturated rings. The maximum Gasteiger partial charge on any atom is 0.243 e. The summed E-state index contributed by atoms with van der Waals surface area (Å²) >= 11 is 0. The molecule has 0 amide bonds. The van der Waals surface area contributed by atoms with Gasteiger partial charge in [0.1, 0.15) is 0 Å². The Bertz CT molecular complexity index is 165. The van der Waals surface area contributed by atoms with Crippen LogP contribution in [0.4, 0.5) is 0 Å². The van der Waals surface area contributed by atoms with Crippen molar-refractivity contribution in [1.82, 2.24) is 0 Å². The predicted octanol–water partition coefficient (Wildman–Crippen LogP) is -0.422. The van der Waals surface area contributed by atoms with E-state index in [4.69, 9.17) is 0 Å². The zero-order valence-electron chi connectivity index (χ0n) is 4.13. The van der Waals surface area contributed by atoms with E-state index in [1.165, 1.54) is 0 Å². The third-order valence-electron chi connectivity index (χ3n) is 0.522. The molecule has 7 heavy (non-hydrogen) atoms. The average Bonchev–Trinajstić information content (AvgIpc) is 1.31. The van der Waals surface area contributed by atoms with Crippen molar-refractivity contribution >= 4 is 15.0 Å². The highest BCUT2D eigenvalue weighted by Crippen LogP contribution is 1.80. The van der Waals surface area contributed by atoms with Gasteiger partial charge in [0.25, 0.3) is 0 Å². The molecule has 0 bridgehead atoms. The molecular formula is C3H6O3S. The van der Waals surface area contributed by atoms with Gasteiger partial charge in [-0.25, -0.2) is 8.42 Å². The Morgan fingerprint density at radius 3 is 1.57 bits per heavy atom. The lowest BCUT2D eigenvalue weighted by molar-refractivity contribution is -0.109. The highest BCUT2D eigenvalue weighted by atomic mass is 32.2. The molecule has 42 valence electrons. The smallest absolute Gasteiger partial charge is 0.243 e. The molecule has 0 heterocycles. The van der Waals surface area contributed by atoms with Crippen LogP contribution in [-0.4, -0.2) is 19.8 Å². The van der Waals surface area contributed by atoms with Gasteiger partial charge in [-0.2, -0.15) is 0 Å². The fourth-order valence-corrected chi connectivity index (χ4v) is 0. The van der Waals surface area contributed by atoms with Crippen LogP contribution in [0.2, 0.25) is 0 Å². The number of sulfone groups is 1. The lowest BCUT2D eigenvalue weighted by atomic mass is 10.9. The lowest BCUT2D eigenvalue weighted by Gasteiger charge is -1.81. The molecule has 3 nitrogen and oxygen atoms in total. The summed E-state index contributed by atoms with van der Waals surface area (Å²) in [5.41, 5.74) is 0. The number of rotatable bonds is 0. The van der Waals surface area contributed by atoms with E-state index in [9.17, 15) is 13.2 Å². The Hall–Kier alpha value is -0.380. The normalized spacial score (nSPS) is 11.1. The van der Waals surface area contributed by atoms with Crippen LogP contribution in [0.25, 0.3) is 0 Å². The summed E-state index contributed by atoms with van der Waals surface area (Å²) in [4.78, 5) is 9.88. The molecule has 0 aromatic heterocycles. The molecule has 4 heteroatoms. The maximum absolute atomic E-state index is 9.98. The molecule has 0 aromatic carbocycles. The highest BCUT2D eigenvalue weighted by Gasteiger charge is 2.05. The topological polar surface area (TPSA) is 51.2 Å². The molecular weight excluding hydrogens is 116 g/mol. The van der Waals surface area contributed by atoms with Crippen LogP contribution < -0.4 is 0 Å². The minimum absolute atomic E-state index is 0.785. The molecule has 0 aromatic rings. The minimum Gasteiger partial charge on any atom is -0.282 e. The van der Waals surface area contributed by atoms with Crippen LogP contribution in [0.1, 0.15) is 6.92 Å². The molecule has 0 rings (SSSR count). The van der Waals surface area contributed by atoms with Gasteiger partial charge in [0.15, 0.2) is 0 Å². The van der Waals surface area contributed by atoms with Crippen molar-refractivity contribution in [1.29, 1.82) is 0 Å². The monoisotopic (exact) mass is 122 g/mol. The molecule has 0 saturated carbocycles. The first-order chi connectivity index (χ1) is 2.94. The first-order valence-electron chi connectivity index (χ1n) is 1.65. The Morgan fingerprint density at radius 1 is 1.43 bits per heavy atom. The fourth-order valence-electron chi connectivity index (χ4n) is 0. The van der Waals surface area contributed by atoms with E-state index >= 15 is 0 Å². The fraction of sp³-hybridized carbons (Fsp3) is 0.667. The van der Waals surface area contributed by atoms with Crippen molar-refractivity contribution in [3.63, 3.8) is 0 Å². The standard InChI is InChI=1S/C3H6O3S/c1-3(4)7(2,5)6/h1-2H3. The van der Waals surface area contributed by atoms with Gasteiger partial charge in [-0.15, -0.1) is 0 Å². The summed E-state index contributed by atoms with van der Waals surface area (Å²) in [7, 11) is -3.38. The number of hydrogen-bond donors (Lipinski definition) is 0. The second-order valence-electron chi connectivity index (χ2n) is 1.26.